The number of likely N-dealkylation sites (tertiary alicyclic amines) is 1. The maximum atomic E-state index is 14.0. The number of hydrogen-bond acceptors (Lipinski definition) is 3. The van der Waals surface area contributed by atoms with Gasteiger partial charge in [0.25, 0.3) is 0 Å². The molecule has 3 aliphatic carbocycles. The molecular weight excluding hydrogens is 476 g/mol. The Morgan fingerprint density at radius 3 is 2.54 bits per heavy atom. The number of fused-ring (bicyclic) bond motifs is 5. The third-order valence-corrected chi connectivity index (χ3v) is 12.3. The Labute approximate surface area is 226 Å². The van der Waals surface area contributed by atoms with Crippen LogP contribution in [-0.4, -0.2) is 29.8 Å². The Balaban J connectivity index is 1.20. The maximum absolute atomic E-state index is 14.0. The molecule has 0 radical (unpaired) electrons. The van der Waals surface area contributed by atoms with E-state index in [0.717, 1.165) is 32.1 Å². The van der Waals surface area contributed by atoms with E-state index in [1.54, 1.807) is 11.3 Å². The number of amides is 2. The van der Waals surface area contributed by atoms with E-state index in [2.05, 4.69) is 71.9 Å². The van der Waals surface area contributed by atoms with Gasteiger partial charge in [-0.25, -0.2) is 0 Å². The first-order chi connectivity index (χ1) is 17.8. The van der Waals surface area contributed by atoms with Crippen LogP contribution in [0.25, 0.3) is 0 Å². The molecule has 0 spiro atoms. The van der Waals surface area contributed by atoms with Gasteiger partial charge in [0.05, 0.1) is 6.04 Å². The molecule has 3 saturated carbocycles. The number of carbonyl (C=O) groups excluding carboxylic acids is 2. The van der Waals surface area contributed by atoms with Crippen molar-refractivity contribution in [3.63, 3.8) is 0 Å². The quantitative estimate of drug-likeness (QED) is 0.483. The van der Waals surface area contributed by atoms with Gasteiger partial charge in [-0.05, 0) is 97.0 Å². The number of thiophene rings is 1. The molecule has 2 heterocycles. The van der Waals surface area contributed by atoms with E-state index in [-0.39, 0.29) is 28.7 Å². The molecule has 1 unspecified atom stereocenters. The number of hydrogen-bond donors (Lipinski definition) is 1. The topological polar surface area (TPSA) is 49.4 Å². The third kappa shape index (κ3) is 4.16. The van der Waals surface area contributed by atoms with Crippen LogP contribution in [0.4, 0.5) is 0 Å². The number of rotatable bonds is 5. The monoisotopic (exact) mass is 518 g/mol. The number of piperidine rings is 1. The number of carbonyl (C=O) groups is 2. The molecule has 1 saturated heterocycles. The molecular formula is C32H42N2O2S. The summed E-state index contributed by atoms with van der Waals surface area (Å²) in [5, 5.41) is 5.64. The van der Waals surface area contributed by atoms with Gasteiger partial charge in [0.1, 0.15) is 0 Å². The van der Waals surface area contributed by atoms with Crippen LogP contribution in [0, 0.1) is 34.5 Å². The fourth-order valence-corrected chi connectivity index (χ4v) is 10.2. The normalized spacial score (nSPS) is 37.9. The summed E-state index contributed by atoms with van der Waals surface area (Å²) in [6, 6.07) is 15.2. The zero-order valence-corrected chi connectivity index (χ0v) is 23.4. The predicted molar refractivity (Wildman–Crippen MR) is 149 cm³/mol. The van der Waals surface area contributed by atoms with Crippen LogP contribution in [0.3, 0.4) is 0 Å². The molecule has 4 aliphatic rings. The molecule has 5 heteroatoms. The summed E-state index contributed by atoms with van der Waals surface area (Å²) in [7, 11) is 2.03. The Kier molecular flexibility index (Phi) is 6.50. The first kappa shape index (κ1) is 25.2. The molecule has 1 aliphatic heterocycles. The van der Waals surface area contributed by atoms with Gasteiger partial charge in [-0.1, -0.05) is 50.2 Å². The molecule has 37 heavy (non-hydrogen) atoms. The predicted octanol–water partition coefficient (Wildman–Crippen LogP) is 6.63. The SMILES string of the molecule is CN1C(=O)CC[C@]2(C)[C@H]3CC[C@]4(C)[C@@H](C(=O)NC(Cc5ccccc5)c5cccs5)CC[C@H]4[C@@H]3CC[C@@H]12. The summed E-state index contributed by atoms with van der Waals surface area (Å²) in [6.07, 6.45) is 9.43. The van der Waals surface area contributed by atoms with Crippen molar-refractivity contribution in [2.24, 2.45) is 34.5 Å². The van der Waals surface area contributed by atoms with E-state index >= 15 is 0 Å². The van der Waals surface area contributed by atoms with Crippen molar-refractivity contribution in [2.75, 3.05) is 7.05 Å². The van der Waals surface area contributed by atoms with E-state index in [0.29, 0.717) is 36.1 Å². The fraction of sp³-hybridized carbons (Fsp3) is 0.625. The largest absolute Gasteiger partial charge is 0.348 e. The van der Waals surface area contributed by atoms with Gasteiger partial charge in [0, 0.05) is 30.3 Å². The van der Waals surface area contributed by atoms with E-state index in [1.807, 2.05) is 7.05 Å². The molecule has 1 aromatic heterocycles. The summed E-state index contributed by atoms with van der Waals surface area (Å²) in [6.45, 7) is 4.92. The van der Waals surface area contributed by atoms with Crippen molar-refractivity contribution in [1.82, 2.24) is 10.2 Å². The first-order valence-corrected chi connectivity index (χ1v) is 15.3. The Hall–Kier alpha value is -2.14. The lowest BCUT2D eigenvalue weighted by atomic mass is 9.47. The van der Waals surface area contributed by atoms with Crippen molar-refractivity contribution >= 4 is 23.2 Å². The summed E-state index contributed by atoms with van der Waals surface area (Å²) in [4.78, 5) is 29.8. The number of nitrogens with one attached hydrogen (secondary N) is 1. The molecule has 2 aromatic rings. The highest BCUT2D eigenvalue weighted by molar-refractivity contribution is 7.10. The van der Waals surface area contributed by atoms with Gasteiger partial charge in [0.2, 0.25) is 11.8 Å². The van der Waals surface area contributed by atoms with Crippen LogP contribution >= 0.6 is 11.3 Å². The summed E-state index contributed by atoms with van der Waals surface area (Å²) < 4.78 is 0. The minimum atomic E-state index is 0.0264. The molecule has 8 atom stereocenters. The molecule has 4 fully saturated rings. The van der Waals surface area contributed by atoms with Crippen LogP contribution in [0.2, 0.25) is 0 Å². The Bertz CT molecular complexity index is 1130. The Morgan fingerprint density at radius 1 is 1.00 bits per heavy atom. The average molecular weight is 519 g/mol. The number of nitrogens with zero attached hydrogens (tertiary/aromatic N) is 1. The molecule has 198 valence electrons. The zero-order chi connectivity index (χ0) is 25.8. The first-order valence-electron chi connectivity index (χ1n) is 14.4. The van der Waals surface area contributed by atoms with Gasteiger partial charge in [0.15, 0.2) is 0 Å². The van der Waals surface area contributed by atoms with Crippen molar-refractivity contribution in [3.05, 3.63) is 58.3 Å². The molecule has 0 bridgehead atoms. The Morgan fingerprint density at radius 2 is 1.78 bits per heavy atom. The smallest absolute Gasteiger partial charge is 0.224 e. The van der Waals surface area contributed by atoms with Gasteiger partial charge >= 0.3 is 0 Å². The zero-order valence-electron chi connectivity index (χ0n) is 22.6. The molecule has 1 aromatic carbocycles. The van der Waals surface area contributed by atoms with Crippen LogP contribution in [0.5, 0.6) is 0 Å². The second-order valence-corrected chi connectivity index (χ2v) is 13.9. The second-order valence-electron chi connectivity index (χ2n) is 12.9. The highest BCUT2D eigenvalue weighted by atomic mass is 32.1. The highest BCUT2D eigenvalue weighted by Crippen LogP contribution is 2.66. The van der Waals surface area contributed by atoms with E-state index in [9.17, 15) is 9.59 Å². The number of benzene rings is 1. The standard InChI is InChI=1S/C32H42N2O2S/c1-31-17-15-24-22(11-14-28-32(24,2)18-16-29(35)34(28)3)23(31)12-13-25(31)30(36)33-26(27-10-7-19-37-27)20-21-8-5-4-6-9-21/h4-10,19,22-26,28H,11-18,20H2,1-3H3,(H,33,36)/t22-,23-,24-,25+,26?,28+,31-,32+/m0/s1. The minimum absolute atomic E-state index is 0.0264. The van der Waals surface area contributed by atoms with Gasteiger partial charge in [-0.3, -0.25) is 9.59 Å². The lowest BCUT2D eigenvalue weighted by Gasteiger charge is -2.61. The van der Waals surface area contributed by atoms with Crippen LogP contribution < -0.4 is 5.32 Å². The van der Waals surface area contributed by atoms with Crippen molar-refractivity contribution in [1.29, 1.82) is 0 Å². The summed E-state index contributed by atoms with van der Waals surface area (Å²) >= 11 is 1.74. The van der Waals surface area contributed by atoms with Crippen molar-refractivity contribution in [2.45, 2.75) is 83.7 Å². The van der Waals surface area contributed by atoms with Gasteiger partial charge < -0.3 is 10.2 Å². The summed E-state index contributed by atoms with van der Waals surface area (Å²) in [5.74, 6) is 2.68. The lowest BCUT2D eigenvalue weighted by Crippen LogP contribution is -2.61. The van der Waals surface area contributed by atoms with Crippen LogP contribution in [0.1, 0.15) is 81.7 Å². The molecule has 4 nitrogen and oxygen atoms in total. The van der Waals surface area contributed by atoms with E-state index in [1.165, 1.54) is 29.7 Å². The molecule has 6 rings (SSSR count). The minimum Gasteiger partial charge on any atom is -0.348 e. The van der Waals surface area contributed by atoms with Crippen LogP contribution in [-0.2, 0) is 16.0 Å². The van der Waals surface area contributed by atoms with Crippen molar-refractivity contribution in [3.8, 4) is 0 Å². The third-order valence-electron chi connectivity index (χ3n) is 11.4. The second kappa shape index (κ2) is 9.55. The fourth-order valence-electron chi connectivity index (χ4n) is 9.42. The van der Waals surface area contributed by atoms with Gasteiger partial charge in [-0.15, -0.1) is 11.3 Å². The maximum Gasteiger partial charge on any atom is 0.224 e. The summed E-state index contributed by atoms with van der Waals surface area (Å²) in [5.41, 5.74) is 1.57. The van der Waals surface area contributed by atoms with Crippen LogP contribution in [0.15, 0.2) is 47.8 Å². The molecule has 1 N–H and O–H groups in total. The van der Waals surface area contributed by atoms with Gasteiger partial charge in [-0.2, -0.15) is 0 Å². The van der Waals surface area contributed by atoms with Crippen molar-refractivity contribution < 1.29 is 9.59 Å². The average Bonchev–Trinajstić information content (AvgIpc) is 3.55. The van der Waals surface area contributed by atoms with E-state index < -0.39 is 0 Å². The highest BCUT2D eigenvalue weighted by Gasteiger charge is 2.62. The molecule has 2 amide bonds. The lowest BCUT2D eigenvalue weighted by molar-refractivity contribution is -0.159. The van der Waals surface area contributed by atoms with E-state index in [4.69, 9.17) is 0 Å².